The van der Waals surface area contributed by atoms with Crippen LogP contribution < -0.4 is 9.47 Å². The van der Waals surface area contributed by atoms with Crippen molar-refractivity contribution in [2.75, 3.05) is 0 Å². The maximum atomic E-state index is 6.43. The number of benzene rings is 2. The van der Waals surface area contributed by atoms with Gasteiger partial charge in [-0.1, -0.05) is 53.7 Å². The minimum absolute atomic E-state index is 0.0404. The summed E-state index contributed by atoms with van der Waals surface area (Å²) in [6, 6.07) is 12.5. The first kappa shape index (κ1) is 27.2. The summed E-state index contributed by atoms with van der Waals surface area (Å²) in [7, 11) is 0. The Balaban J connectivity index is 0.000000914. The number of aryl methyl sites for hydroxylation is 1. The van der Waals surface area contributed by atoms with Crippen LogP contribution in [0.5, 0.6) is 17.2 Å². The van der Waals surface area contributed by atoms with Crippen molar-refractivity contribution in [2.45, 2.75) is 112 Å². The van der Waals surface area contributed by atoms with Gasteiger partial charge in [-0.05, 0) is 70.4 Å². The van der Waals surface area contributed by atoms with Gasteiger partial charge in [-0.2, -0.15) is 0 Å². The van der Waals surface area contributed by atoms with Crippen molar-refractivity contribution in [2.24, 2.45) is 0 Å². The van der Waals surface area contributed by atoms with Gasteiger partial charge in [-0.3, -0.25) is 0 Å². The Bertz CT molecular complexity index is 872. The van der Waals surface area contributed by atoms with Crippen LogP contribution in [0.4, 0.5) is 0 Å². The molecule has 0 saturated carbocycles. The summed E-state index contributed by atoms with van der Waals surface area (Å²) in [4.78, 5) is 0. The predicted octanol–water partition coefficient (Wildman–Crippen LogP) is 8.58. The first-order valence-corrected chi connectivity index (χ1v) is 12.8. The second-order valence-electron chi connectivity index (χ2n) is 8.77. The Morgan fingerprint density at radius 1 is 0.788 bits per heavy atom. The van der Waals surface area contributed by atoms with Crippen molar-refractivity contribution >= 4 is 0 Å². The molecule has 2 aromatic carbocycles. The molecule has 2 saturated heterocycles. The maximum Gasteiger partial charge on any atom is 0.133 e. The summed E-state index contributed by atoms with van der Waals surface area (Å²) in [5, 5.41) is 0. The van der Waals surface area contributed by atoms with Gasteiger partial charge in [0.05, 0.1) is 12.2 Å². The minimum Gasteiger partial charge on any atom is -0.487 e. The molecule has 4 nitrogen and oxygen atoms in total. The topological polar surface area (TPSA) is 43.5 Å². The molecule has 4 unspecified atom stereocenters. The SMILES string of the molecule is CC.CC.CCc1ccc(Oc2cc(C3OC3C)c(OC(C)(C)CC)cc2C2OC2C)cc1. The van der Waals surface area contributed by atoms with Gasteiger partial charge in [-0.15, -0.1) is 0 Å². The Morgan fingerprint density at radius 3 is 1.67 bits per heavy atom. The molecule has 0 aromatic heterocycles. The second-order valence-corrected chi connectivity index (χ2v) is 8.77. The third kappa shape index (κ3) is 6.97. The molecule has 0 spiro atoms. The first-order valence-electron chi connectivity index (χ1n) is 12.8. The zero-order valence-corrected chi connectivity index (χ0v) is 22.3. The summed E-state index contributed by atoms with van der Waals surface area (Å²) in [6.45, 7) is 20.7. The van der Waals surface area contributed by atoms with Gasteiger partial charge in [-0.25, -0.2) is 0 Å². The Morgan fingerprint density at radius 2 is 1.24 bits per heavy atom. The number of ether oxygens (including phenoxy) is 4. The van der Waals surface area contributed by atoms with Crippen LogP contribution in [-0.4, -0.2) is 17.8 Å². The van der Waals surface area contributed by atoms with Gasteiger partial charge in [0.25, 0.3) is 0 Å². The van der Waals surface area contributed by atoms with Gasteiger partial charge in [0.15, 0.2) is 0 Å². The molecule has 184 valence electrons. The van der Waals surface area contributed by atoms with Gasteiger partial charge >= 0.3 is 0 Å². The molecule has 2 aliphatic heterocycles. The highest BCUT2D eigenvalue weighted by molar-refractivity contribution is 5.52. The molecular formula is C29H44O4. The number of epoxide rings is 2. The zero-order chi connectivity index (χ0) is 24.8. The average Bonchev–Trinajstić information content (AvgIpc) is 3.75. The molecule has 2 fully saturated rings. The van der Waals surface area contributed by atoms with E-state index in [1.165, 1.54) is 5.56 Å². The number of hydrogen-bond donors (Lipinski definition) is 0. The average molecular weight is 457 g/mol. The lowest BCUT2D eigenvalue weighted by molar-refractivity contribution is 0.103. The molecule has 33 heavy (non-hydrogen) atoms. The van der Waals surface area contributed by atoms with Crippen molar-refractivity contribution in [3.05, 3.63) is 53.1 Å². The van der Waals surface area contributed by atoms with E-state index in [9.17, 15) is 0 Å². The van der Waals surface area contributed by atoms with E-state index in [4.69, 9.17) is 18.9 Å². The largest absolute Gasteiger partial charge is 0.487 e. The molecule has 4 atom stereocenters. The van der Waals surface area contributed by atoms with Crippen LogP contribution in [-0.2, 0) is 15.9 Å². The molecular weight excluding hydrogens is 412 g/mol. The van der Waals surface area contributed by atoms with Gasteiger partial charge < -0.3 is 18.9 Å². The Labute approximate surface area is 201 Å². The Hall–Kier alpha value is -2.04. The normalized spacial score (nSPS) is 22.8. The van der Waals surface area contributed by atoms with Crippen LogP contribution in [0.15, 0.2) is 36.4 Å². The van der Waals surface area contributed by atoms with Gasteiger partial charge in [0, 0.05) is 11.1 Å². The summed E-state index contributed by atoms with van der Waals surface area (Å²) >= 11 is 0. The Kier molecular flexibility index (Phi) is 9.81. The highest BCUT2D eigenvalue weighted by atomic mass is 16.6. The van der Waals surface area contributed by atoms with Crippen molar-refractivity contribution < 1.29 is 18.9 Å². The standard InChI is InChI=1S/C25H32O4.2C2H6/c1-7-17-9-11-18(12-10-17)28-21-13-20(24-16(4)27-24)22(29-25(5,6)8-2)14-19(21)23-15(3)26-23;2*1-2/h9-16,23-24H,7-8H2,1-6H3;2*1-2H3. The van der Waals surface area contributed by atoms with Crippen molar-refractivity contribution in [1.29, 1.82) is 0 Å². The summed E-state index contributed by atoms with van der Waals surface area (Å²) < 4.78 is 24.4. The lowest BCUT2D eigenvalue weighted by atomic mass is 10.0. The van der Waals surface area contributed by atoms with Crippen molar-refractivity contribution in [3.63, 3.8) is 0 Å². The minimum atomic E-state index is -0.251. The number of rotatable bonds is 8. The predicted molar refractivity (Wildman–Crippen MR) is 137 cm³/mol. The van der Waals surface area contributed by atoms with E-state index in [0.29, 0.717) is 0 Å². The molecule has 0 bridgehead atoms. The van der Waals surface area contributed by atoms with Gasteiger partial charge in [0.2, 0.25) is 0 Å². The fraction of sp³-hybridized carbons (Fsp3) is 0.586. The van der Waals surface area contributed by atoms with E-state index in [1.54, 1.807) is 0 Å². The molecule has 0 radical (unpaired) electrons. The highest BCUT2D eigenvalue weighted by Crippen LogP contribution is 2.51. The van der Waals surface area contributed by atoms with E-state index in [2.05, 4.69) is 65.8 Å². The summed E-state index contributed by atoms with van der Waals surface area (Å²) in [6.07, 6.45) is 2.41. The fourth-order valence-corrected chi connectivity index (χ4v) is 3.53. The molecule has 2 aromatic rings. The third-order valence-electron chi connectivity index (χ3n) is 5.97. The smallest absolute Gasteiger partial charge is 0.133 e. The van der Waals surface area contributed by atoms with Crippen LogP contribution in [0.2, 0.25) is 0 Å². The first-order chi connectivity index (χ1) is 15.8. The second kappa shape index (κ2) is 11.9. The van der Waals surface area contributed by atoms with Crippen LogP contribution in [0.3, 0.4) is 0 Å². The molecule has 2 aliphatic rings. The number of hydrogen-bond acceptors (Lipinski definition) is 4. The van der Waals surface area contributed by atoms with Crippen LogP contribution in [0.25, 0.3) is 0 Å². The molecule has 0 amide bonds. The third-order valence-corrected chi connectivity index (χ3v) is 5.97. The van der Waals surface area contributed by atoms with E-state index < -0.39 is 0 Å². The van der Waals surface area contributed by atoms with Crippen LogP contribution in [0, 0.1) is 0 Å². The fourth-order valence-electron chi connectivity index (χ4n) is 3.53. The molecule has 0 N–H and O–H groups in total. The van der Waals surface area contributed by atoms with E-state index in [0.717, 1.165) is 41.2 Å². The molecule has 4 heteroatoms. The highest BCUT2D eigenvalue weighted by Gasteiger charge is 2.43. The maximum absolute atomic E-state index is 6.43. The van der Waals surface area contributed by atoms with E-state index in [-0.39, 0.29) is 30.0 Å². The van der Waals surface area contributed by atoms with Crippen molar-refractivity contribution in [1.82, 2.24) is 0 Å². The van der Waals surface area contributed by atoms with Crippen molar-refractivity contribution in [3.8, 4) is 17.2 Å². The quantitative estimate of drug-likeness (QED) is 0.373. The van der Waals surface area contributed by atoms with E-state index in [1.807, 2.05) is 39.8 Å². The molecule has 2 heterocycles. The lowest BCUT2D eigenvalue weighted by Crippen LogP contribution is -2.27. The molecule has 0 aliphatic carbocycles. The lowest BCUT2D eigenvalue weighted by Gasteiger charge is -2.27. The zero-order valence-electron chi connectivity index (χ0n) is 22.3. The summed E-state index contributed by atoms with van der Waals surface area (Å²) in [5.74, 6) is 2.52. The monoisotopic (exact) mass is 456 g/mol. The van der Waals surface area contributed by atoms with E-state index >= 15 is 0 Å². The van der Waals surface area contributed by atoms with Crippen LogP contribution in [0.1, 0.15) is 105 Å². The van der Waals surface area contributed by atoms with Gasteiger partial charge in [0.1, 0.15) is 35.1 Å². The summed E-state index contributed by atoms with van der Waals surface area (Å²) in [5.41, 5.74) is 3.13. The molecule has 4 rings (SSSR count). The van der Waals surface area contributed by atoms with Crippen LogP contribution >= 0.6 is 0 Å².